The van der Waals surface area contributed by atoms with Crippen molar-refractivity contribution in [2.75, 3.05) is 6.61 Å². The van der Waals surface area contributed by atoms with Crippen LogP contribution in [0.1, 0.15) is 71.1 Å². The molecule has 1 atom stereocenters. The van der Waals surface area contributed by atoms with Gasteiger partial charge in [-0.2, -0.15) is 0 Å². The Bertz CT molecular complexity index is 837. The molecule has 1 N–H and O–H groups in total. The van der Waals surface area contributed by atoms with Gasteiger partial charge >= 0.3 is 0 Å². The normalized spacial score (nSPS) is 23.1. The van der Waals surface area contributed by atoms with E-state index in [0.717, 1.165) is 61.3 Å². The lowest BCUT2D eigenvalue weighted by molar-refractivity contribution is -0.120. The molecule has 0 radical (unpaired) electrons. The minimum atomic E-state index is -0.00359. The molecule has 1 heterocycles. The number of amides is 1. The van der Waals surface area contributed by atoms with E-state index in [4.69, 9.17) is 13.9 Å². The highest BCUT2D eigenvalue weighted by Crippen LogP contribution is 2.31. The van der Waals surface area contributed by atoms with Gasteiger partial charge in [-0.15, -0.1) is 0 Å². The number of oxazole rings is 1. The average Bonchev–Trinajstić information content (AvgIpc) is 3.10. The van der Waals surface area contributed by atoms with E-state index in [-0.39, 0.29) is 11.9 Å². The van der Waals surface area contributed by atoms with Crippen molar-refractivity contribution >= 4 is 17.0 Å². The number of carbonyl (C=O) groups is 1. The zero-order chi connectivity index (χ0) is 20.9. The number of hydrogen-bond acceptors (Lipinski definition) is 5. The van der Waals surface area contributed by atoms with Crippen LogP contribution in [0.15, 0.2) is 22.6 Å². The molecule has 0 bridgehead atoms. The Morgan fingerprint density at radius 1 is 1.20 bits per heavy atom. The third kappa shape index (κ3) is 5.75. The van der Waals surface area contributed by atoms with Gasteiger partial charge < -0.3 is 19.2 Å². The predicted octanol–water partition coefficient (Wildman–Crippen LogP) is 4.79. The zero-order valence-electron chi connectivity index (χ0n) is 18.2. The van der Waals surface area contributed by atoms with E-state index in [0.29, 0.717) is 24.7 Å². The van der Waals surface area contributed by atoms with E-state index in [9.17, 15) is 4.79 Å². The van der Waals surface area contributed by atoms with Crippen LogP contribution in [-0.2, 0) is 16.0 Å². The van der Waals surface area contributed by atoms with Crippen LogP contribution in [0.5, 0.6) is 5.75 Å². The average molecular weight is 415 g/mol. The first kappa shape index (κ1) is 21.2. The number of aromatic nitrogens is 1. The lowest BCUT2D eigenvalue weighted by Crippen LogP contribution is -2.36. The third-order valence-corrected chi connectivity index (χ3v) is 6.35. The zero-order valence-corrected chi connectivity index (χ0v) is 18.2. The van der Waals surface area contributed by atoms with Gasteiger partial charge in [0.1, 0.15) is 11.3 Å². The Kier molecular flexibility index (Phi) is 6.93. The largest absolute Gasteiger partial charge is 0.490 e. The van der Waals surface area contributed by atoms with Gasteiger partial charge in [-0.3, -0.25) is 4.79 Å². The predicted molar refractivity (Wildman–Crippen MR) is 116 cm³/mol. The molecule has 1 aromatic carbocycles. The summed E-state index contributed by atoms with van der Waals surface area (Å²) >= 11 is 0. The number of ether oxygens (including phenoxy) is 2. The number of benzene rings is 1. The summed E-state index contributed by atoms with van der Waals surface area (Å²) in [6.07, 6.45) is 10.8. The maximum Gasteiger partial charge on any atom is 0.217 e. The van der Waals surface area contributed by atoms with Crippen LogP contribution < -0.4 is 10.1 Å². The van der Waals surface area contributed by atoms with Crippen LogP contribution in [0.2, 0.25) is 0 Å². The molecule has 2 aliphatic carbocycles. The summed E-state index contributed by atoms with van der Waals surface area (Å²) in [5, 5.41) is 2.87. The fourth-order valence-corrected chi connectivity index (χ4v) is 4.40. The highest BCUT2D eigenvalue weighted by molar-refractivity contribution is 5.74. The SMILES string of the molecule is CC(=O)NC(C)COC1CCC(CCc2nc3ccc(OC4CCC4)cc3o2)CC1. The molecule has 2 aliphatic rings. The smallest absolute Gasteiger partial charge is 0.217 e. The van der Waals surface area contributed by atoms with Crippen molar-refractivity contribution in [2.45, 2.75) is 89.9 Å². The molecule has 6 nitrogen and oxygen atoms in total. The second-order valence-electron chi connectivity index (χ2n) is 9.02. The maximum atomic E-state index is 11.1. The Balaban J connectivity index is 1.19. The molecule has 1 aromatic heterocycles. The van der Waals surface area contributed by atoms with Gasteiger partial charge in [-0.25, -0.2) is 4.98 Å². The Morgan fingerprint density at radius 3 is 2.70 bits per heavy atom. The summed E-state index contributed by atoms with van der Waals surface area (Å²) < 4.78 is 18.0. The van der Waals surface area contributed by atoms with Crippen LogP contribution in [0.4, 0.5) is 0 Å². The van der Waals surface area contributed by atoms with E-state index < -0.39 is 0 Å². The second kappa shape index (κ2) is 9.82. The molecule has 2 fully saturated rings. The highest BCUT2D eigenvalue weighted by Gasteiger charge is 2.23. The van der Waals surface area contributed by atoms with Gasteiger partial charge in [0.25, 0.3) is 0 Å². The maximum absolute atomic E-state index is 11.1. The molecule has 164 valence electrons. The standard InChI is InChI=1S/C24H34N2O4/c1-16(25-17(2)27)15-28-19-9-6-18(7-10-19)8-13-24-26-22-12-11-21(14-23(22)30-24)29-20-4-3-5-20/h11-12,14,16,18-20H,3-10,13,15H2,1-2H3,(H,25,27). The van der Waals surface area contributed by atoms with E-state index in [1.165, 1.54) is 19.3 Å². The van der Waals surface area contributed by atoms with Crippen LogP contribution in [0.3, 0.4) is 0 Å². The molecule has 1 amide bonds. The summed E-state index contributed by atoms with van der Waals surface area (Å²) in [5.41, 5.74) is 1.74. The number of hydrogen-bond donors (Lipinski definition) is 1. The van der Waals surface area contributed by atoms with Gasteiger partial charge in [0.05, 0.1) is 18.8 Å². The van der Waals surface area contributed by atoms with Crippen LogP contribution in [-0.4, -0.2) is 35.7 Å². The lowest BCUT2D eigenvalue weighted by Gasteiger charge is -2.29. The van der Waals surface area contributed by atoms with Crippen LogP contribution in [0.25, 0.3) is 11.1 Å². The van der Waals surface area contributed by atoms with Crippen LogP contribution >= 0.6 is 0 Å². The molecule has 4 rings (SSSR count). The van der Waals surface area contributed by atoms with Crippen molar-refractivity contribution in [2.24, 2.45) is 5.92 Å². The van der Waals surface area contributed by atoms with Crippen molar-refractivity contribution < 1.29 is 18.7 Å². The van der Waals surface area contributed by atoms with E-state index >= 15 is 0 Å². The highest BCUT2D eigenvalue weighted by atomic mass is 16.5. The molecule has 2 aromatic rings. The molecular weight excluding hydrogens is 380 g/mol. The monoisotopic (exact) mass is 414 g/mol. The minimum absolute atomic E-state index is 0.00359. The fraction of sp³-hybridized carbons (Fsp3) is 0.667. The molecule has 0 saturated heterocycles. The molecule has 30 heavy (non-hydrogen) atoms. The Hall–Kier alpha value is -2.08. The quantitative estimate of drug-likeness (QED) is 0.638. The van der Waals surface area contributed by atoms with Gasteiger partial charge in [0, 0.05) is 25.5 Å². The summed E-state index contributed by atoms with van der Waals surface area (Å²) in [4.78, 5) is 15.7. The van der Waals surface area contributed by atoms with Crippen molar-refractivity contribution in [3.63, 3.8) is 0 Å². The van der Waals surface area contributed by atoms with Crippen molar-refractivity contribution in [1.29, 1.82) is 0 Å². The third-order valence-electron chi connectivity index (χ3n) is 6.35. The number of nitrogens with one attached hydrogen (secondary N) is 1. The summed E-state index contributed by atoms with van der Waals surface area (Å²) in [6, 6.07) is 6.05. The molecule has 2 saturated carbocycles. The summed E-state index contributed by atoms with van der Waals surface area (Å²) in [5.74, 6) is 2.41. The summed E-state index contributed by atoms with van der Waals surface area (Å²) in [7, 11) is 0. The van der Waals surface area contributed by atoms with Gasteiger partial charge in [0.15, 0.2) is 11.5 Å². The van der Waals surface area contributed by atoms with Gasteiger partial charge in [-0.05, 0) is 76.3 Å². The number of nitrogens with zero attached hydrogens (tertiary/aromatic N) is 1. The van der Waals surface area contributed by atoms with Gasteiger partial charge in [0.2, 0.25) is 5.91 Å². The topological polar surface area (TPSA) is 73.6 Å². The lowest BCUT2D eigenvalue weighted by atomic mass is 9.84. The molecular formula is C24H34N2O4. The van der Waals surface area contributed by atoms with Crippen molar-refractivity contribution in [3.8, 4) is 5.75 Å². The fourth-order valence-electron chi connectivity index (χ4n) is 4.40. The first-order valence-corrected chi connectivity index (χ1v) is 11.5. The van der Waals surface area contributed by atoms with E-state index in [1.54, 1.807) is 6.92 Å². The first-order chi connectivity index (χ1) is 14.5. The number of fused-ring (bicyclic) bond motifs is 1. The number of aryl methyl sites for hydroxylation is 1. The molecule has 1 unspecified atom stereocenters. The Labute approximate surface area is 178 Å². The molecule has 6 heteroatoms. The molecule has 0 aliphatic heterocycles. The Morgan fingerprint density at radius 2 is 2.00 bits per heavy atom. The van der Waals surface area contributed by atoms with Gasteiger partial charge in [-0.1, -0.05) is 0 Å². The van der Waals surface area contributed by atoms with E-state index in [1.807, 2.05) is 25.1 Å². The second-order valence-corrected chi connectivity index (χ2v) is 9.02. The van der Waals surface area contributed by atoms with E-state index in [2.05, 4.69) is 10.3 Å². The summed E-state index contributed by atoms with van der Waals surface area (Å²) in [6.45, 7) is 4.11. The first-order valence-electron chi connectivity index (χ1n) is 11.5. The minimum Gasteiger partial charge on any atom is -0.490 e. The van der Waals surface area contributed by atoms with Crippen LogP contribution in [0, 0.1) is 5.92 Å². The van der Waals surface area contributed by atoms with Crippen molar-refractivity contribution in [3.05, 3.63) is 24.1 Å². The molecule has 0 spiro atoms. The van der Waals surface area contributed by atoms with Crippen molar-refractivity contribution in [1.82, 2.24) is 10.3 Å². The number of carbonyl (C=O) groups excluding carboxylic acids is 1. The number of rotatable bonds is 9.